The molecule has 4 rings (SSSR count). The molecular formula is C24H30N4O5S. The maximum Gasteiger partial charge on any atom is 0.265 e. The molecule has 2 heterocycles. The van der Waals surface area contributed by atoms with Gasteiger partial charge in [0.2, 0.25) is 15.9 Å². The summed E-state index contributed by atoms with van der Waals surface area (Å²) in [5, 5.41) is 2.76. The second kappa shape index (κ2) is 9.63. The Balaban J connectivity index is 1.43. The summed E-state index contributed by atoms with van der Waals surface area (Å²) in [6.07, 6.45) is -0.202. The number of benzene rings is 2. The van der Waals surface area contributed by atoms with Crippen LogP contribution in [0.15, 0.2) is 47.4 Å². The Morgan fingerprint density at radius 1 is 1.15 bits per heavy atom. The number of carbonyl (C=O) groups excluding carboxylic acids is 2. The van der Waals surface area contributed by atoms with Gasteiger partial charge in [0.1, 0.15) is 5.75 Å². The van der Waals surface area contributed by atoms with Crippen LogP contribution in [0.5, 0.6) is 5.75 Å². The Morgan fingerprint density at radius 2 is 1.82 bits per heavy atom. The van der Waals surface area contributed by atoms with Crippen molar-refractivity contribution in [1.82, 2.24) is 9.21 Å². The van der Waals surface area contributed by atoms with Crippen LogP contribution in [0.1, 0.15) is 18.9 Å². The van der Waals surface area contributed by atoms with E-state index in [1.54, 1.807) is 17.9 Å². The molecule has 0 spiro atoms. The number of nitrogens with one attached hydrogen (secondary N) is 1. The van der Waals surface area contributed by atoms with Crippen LogP contribution in [0.4, 0.5) is 11.4 Å². The molecule has 0 saturated carbocycles. The zero-order valence-electron chi connectivity index (χ0n) is 19.7. The zero-order chi connectivity index (χ0) is 24.5. The van der Waals surface area contributed by atoms with E-state index >= 15 is 0 Å². The van der Waals surface area contributed by atoms with E-state index in [9.17, 15) is 18.0 Å². The van der Waals surface area contributed by atoms with Crippen molar-refractivity contribution in [1.29, 1.82) is 0 Å². The fourth-order valence-electron chi connectivity index (χ4n) is 4.23. The number of amides is 2. The predicted octanol–water partition coefficient (Wildman–Crippen LogP) is 2.07. The van der Waals surface area contributed by atoms with Gasteiger partial charge in [-0.15, -0.1) is 0 Å². The first kappa shape index (κ1) is 24.0. The predicted molar refractivity (Wildman–Crippen MR) is 130 cm³/mol. The number of nitrogens with zero attached hydrogens (tertiary/aromatic N) is 3. The van der Waals surface area contributed by atoms with Gasteiger partial charge in [-0.2, -0.15) is 4.31 Å². The molecule has 34 heavy (non-hydrogen) atoms. The molecule has 9 nitrogen and oxygen atoms in total. The summed E-state index contributed by atoms with van der Waals surface area (Å²) in [5.41, 5.74) is 2.02. The molecule has 1 fully saturated rings. The van der Waals surface area contributed by atoms with Gasteiger partial charge in [-0.3, -0.25) is 9.59 Å². The van der Waals surface area contributed by atoms with Crippen molar-refractivity contribution in [3.63, 3.8) is 0 Å². The minimum Gasteiger partial charge on any atom is -0.478 e. The number of hydrogen-bond donors (Lipinski definition) is 1. The van der Waals surface area contributed by atoms with Gasteiger partial charge in [0.25, 0.3) is 5.91 Å². The van der Waals surface area contributed by atoms with E-state index in [2.05, 4.69) is 10.2 Å². The summed E-state index contributed by atoms with van der Waals surface area (Å²) in [6.45, 7) is 5.68. The van der Waals surface area contributed by atoms with Crippen molar-refractivity contribution in [3.05, 3.63) is 48.0 Å². The lowest BCUT2D eigenvalue weighted by atomic mass is 10.1. The van der Waals surface area contributed by atoms with Crippen LogP contribution in [0, 0.1) is 6.92 Å². The van der Waals surface area contributed by atoms with Crippen molar-refractivity contribution in [2.24, 2.45) is 0 Å². The summed E-state index contributed by atoms with van der Waals surface area (Å²) in [6, 6.07) is 13.0. The molecular weight excluding hydrogens is 456 g/mol. The average Bonchev–Trinajstić information content (AvgIpc) is 2.83. The number of rotatable bonds is 6. The maximum atomic E-state index is 13.3. The van der Waals surface area contributed by atoms with E-state index in [0.717, 1.165) is 9.99 Å². The number of para-hydroxylation sites is 1. The van der Waals surface area contributed by atoms with Crippen molar-refractivity contribution < 1.29 is 22.7 Å². The van der Waals surface area contributed by atoms with Gasteiger partial charge < -0.3 is 19.9 Å². The zero-order valence-corrected chi connectivity index (χ0v) is 20.5. The molecule has 0 bridgehead atoms. The highest BCUT2D eigenvalue weighted by Crippen LogP contribution is 2.35. The molecule has 10 heteroatoms. The van der Waals surface area contributed by atoms with E-state index in [1.165, 1.54) is 13.1 Å². The number of aryl methyl sites for hydroxylation is 1. The Hall–Kier alpha value is -3.11. The second-order valence-corrected chi connectivity index (χ2v) is 10.6. The normalized spacial score (nSPS) is 18.4. The third-order valence-corrected chi connectivity index (χ3v) is 8.21. The van der Waals surface area contributed by atoms with E-state index in [0.29, 0.717) is 49.6 Å². The van der Waals surface area contributed by atoms with Gasteiger partial charge >= 0.3 is 0 Å². The number of piperazine rings is 1. The SMILES string of the molecule is CC[C@H]1Oc2cc(S(=O)(=O)N(C)CC(=O)N3CCN(c4ccccc4)CC3)c(C)cc2NC1=O. The third kappa shape index (κ3) is 4.74. The molecule has 2 aliphatic rings. The molecule has 0 aromatic heterocycles. The van der Waals surface area contributed by atoms with Crippen molar-refractivity contribution >= 4 is 33.2 Å². The van der Waals surface area contributed by atoms with Crippen LogP contribution in [-0.2, 0) is 19.6 Å². The lowest BCUT2D eigenvalue weighted by Gasteiger charge is -2.36. The molecule has 2 amide bonds. The van der Waals surface area contributed by atoms with Gasteiger partial charge in [-0.25, -0.2) is 8.42 Å². The molecule has 2 aliphatic heterocycles. The number of fused-ring (bicyclic) bond motifs is 1. The van der Waals surface area contributed by atoms with Crippen LogP contribution < -0.4 is 15.0 Å². The van der Waals surface area contributed by atoms with E-state index in [-0.39, 0.29) is 23.3 Å². The van der Waals surface area contributed by atoms with Crippen molar-refractivity contribution in [3.8, 4) is 5.75 Å². The number of carbonyl (C=O) groups is 2. The second-order valence-electron chi connectivity index (χ2n) is 8.58. The lowest BCUT2D eigenvalue weighted by molar-refractivity contribution is -0.131. The highest BCUT2D eigenvalue weighted by Gasteiger charge is 2.32. The number of anilines is 2. The monoisotopic (exact) mass is 486 g/mol. The van der Waals surface area contributed by atoms with Crippen LogP contribution >= 0.6 is 0 Å². The summed E-state index contributed by atoms with van der Waals surface area (Å²) in [4.78, 5) is 28.9. The highest BCUT2D eigenvalue weighted by atomic mass is 32.2. The summed E-state index contributed by atoms with van der Waals surface area (Å²) in [5.74, 6) is -0.170. The largest absolute Gasteiger partial charge is 0.478 e. The van der Waals surface area contributed by atoms with Crippen molar-refractivity contribution in [2.75, 3.05) is 50.0 Å². The van der Waals surface area contributed by atoms with Gasteiger partial charge in [-0.1, -0.05) is 25.1 Å². The van der Waals surface area contributed by atoms with Crippen LogP contribution in [0.25, 0.3) is 0 Å². The van der Waals surface area contributed by atoms with E-state index < -0.39 is 16.1 Å². The third-order valence-electron chi connectivity index (χ3n) is 6.27. The minimum atomic E-state index is -3.95. The first-order chi connectivity index (χ1) is 16.2. The van der Waals surface area contributed by atoms with Gasteiger partial charge in [0, 0.05) is 45.0 Å². The summed E-state index contributed by atoms with van der Waals surface area (Å²) in [7, 11) is -2.54. The molecule has 1 saturated heterocycles. The fourth-order valence-corrected chi connectivity index (χ4v) is 5.57. The summed E-state index contributed by atoms with van der Waals surface area (Å²) < 4.78 is 33.4. The van der Waals surface area contributed by atoms with Crippen LogP contribution in [0.3, 0.4) is 0 Å². The maximum absolute atomic E-state index is 13.3. The molecule has 0 unspecified atom stereocenters. The highest BCUT2D eigenvalue weighted by molar-refractivity contribution is 7.89. The topological polar surface area (TPSA) is 99.3 Å². The number of ether oxygens (including phenoxy) is 1. The Labute approximate surface area is 200 Å². The van der Waals surface area contributed by atoms with Gasteiger partial charge in [0.15, 0.2) is 6.10 Å². The number of likely N-dealkylation sites (N-methyl/N-ethyl adjacent to an activating group) is 1. The average molecular weight is 487 g/mol. The van der Waals surface area contributed by atoms with Gasteiger partial charge in [-0.05, 0) is 37.1 Å². The molecule has 182 valence electrons. The fraction of sp³-hybridized carbons (Fsp3) is 0.417. The van der Waals surface area contributed by atoms with E-state index in [1.807, 2.05) is 37.3 Å². The smallest absolute Gasteiger partial charge is 0.265 e. The Morgan fingerprint density at radius 3 is 2.47 bits per heavy atom. The first-order valence-corrected chi connectivity index (χ1v) is 12.8. The number of hydrogen-bond acceptors (Lipinski definition) is 6. The molecule has 2 aromatic rings. The van der Waals surface area contributed by atoms with Crippen LogP contribution in [-0.4, -0.2) is 75.3 Å². The lowest BCUT2D eigenvalue weighted by Crippen LogP contribution is -2.51. The Bertz CT molecular complexity index is 1180. The van der Waals surface area contributed by atoms with Crippen molar-refractivity contribution in [2.45, 2.75) is 31.3 Å². The molecule has 2 aromatic carbocycles. The molecule has 1 atom stereocenters. The minimum absolute atomic E-state index is 0.0569. The quantitative estimate of drug-likeness (QED) is 0.671. The van der Waals surface area contributed by atoms with Crippen LogP contribution in [0.2, 0.25) is 0 Å². The summed E-state index contributed by atoms with van der Waals surface area (Å²) >= 11 is 0. The molecule has 0 aliphatic carbocycles. The first-order valence-electron chi connectivity index (χ1n) is 11.4. The number of sulfonamides is 1. The van der Waals surface area contributed by atoms with E-state index in [4.69, 9.17) is 4.74 Å². The Kier molecular flexibility index (Phi) is 6.81. The standard InChI is InChI=1S/C24H30N4O5S/c1-4-20-24(30)25-19-14-17(2)22(15-21(19)33-20)34(31,32)26(3)16-23(29)28-12-10-27(11-13-28)18-8-6-5-7-9-18/h5-9,14-15,20H,4,10-13,16H2,1-3H3,(H,25,30)/t20-/m1/s1. The molecule has 1 N–H and O–H groups in total. The molecule has 0 radical (unpaired) electrons. The van der Waals surface area contributed by atoms with Gasteiger partial charge in [0.05, 0.1) is 17.1 Å².